The van der Waals surface area contributed by atoms with Crippen LogP contribution in [-0.4, -0.2) is 21.3 Å². The van der Waals surface area contributed by atoms with E-state index >= 15 is 0 Å². The Balaban J connectivity index is 1.63. The molecule has 1 aliphatic carbocycles. The molecule has 0 bridgehead atoms. The van der Waals surface area contributed by atoms with Gasteiger partial charge in [-0.2, -0.15) is 5.10 Å². The molecule has 98 valence electrons. The summed E-state index contributed by atoms with van der Waals surface area (Å²) in [6.45, 7) is 0.730. The van der Waals surface area contributed by atoms with Crippen molar-refractivity contribution in [2.24, 2.45) is 7.05 Å². The van der Waals surface area contributed by atoms with E-state index in [9.17, 15) is 0 Å². The van der Waals surface area contributed by atoms with Crippen molar-refractivity contribution in [2.45, 2.75) is 24.9 Å². The van der Waals surface area contributed by atoms with Gasteiger partial charge in [-0.05, 0) is 25.0 Å². The Labute approximate surface area is 111 Å². The van der Waals surface area contributed by atoms with Crippen LogP contribution in [0, 0.1) is 0 Å². The second-order valence-electron chi connectivity index (χ2n) is 5.21. The molecule has 1 saturated carbocycles. The third-order valence-corrected chi connectivity index (χ3v) is 3.68. The van der Waals surface area contributed by atoms with Crippen molar-refractivity contribution in [3.05, 3.63) is 35.9 Å². The van der Waals surface area contributed by atoms with Gasteiger partial charge in [-0.15, -0.1) is 0 Å². The third-order valence-electron chi connectivity index (χ3n) is 3.68. The largest absolute Gasteiger partial charge is 0.478 e. The molecule has 1 aliphatic heterocycles. The lowest BCUT2D eigenvalue weighted by molar-refractivity contribution is 0.195. The van der Waals surface area contributed by atoms with Crippen molar-refractivity contribution in [1.82, 2.24) is 14.8 Å². The molecule has 0 spiro atoms. The first-order chi connectivity index (χ1) is 9.31. The maximum absolute atomic E-state index is 6.03. The number of para-hydroxylation sites is 2. The van der Waals surface area contributed by atoms with Crippen molar-refractivity contribution >= 4 is 5.69 Å². The van der Waals surface area contributed by atoms with Crippen LogP contribution in [0.4, 0.5) is 5.69 Å². The number of anilines is 1. The standard InChI is InChI=1S/C14H16N4O/c1-18-14(16-13(17-18)9-6-7-9)12-8-15-10-4-2-3-5-11(10)19-12/h2-5,9,12,15H,6-8H2,1H3. The molecule has 5 nitrogen and oxygen atoms in total. The molecule has 2 aromatic rings. The van der Waals surface area contributed by atoms with Gasteiger partial charge in [-0.1, -0.05) is 12.1 Å². The van der Waals surface area contributed by atoms with Gasteiger partial charge in [0.1, 0.15) is 5.75 Å². The molecule has 4 rings (SSSR count). The monoisotopic (exact) mass is 256 g/mol. The SMILES string of the molecule is Cn1nc(C2CC2)nc1C1CNc2ccccc2O1. The highest BCUT2D eigenvalue weighted by Gasteiger charge is 2.31. The predicted octanol–water partition coefficient (Wildman–Crippen LogP) is 2.24. The Hall–Kier alpha value is -2.04. The Morgan fingerprint density at radius 2 is 2.16 bits per heavy atom. The minimum absolute atomic E-state index is 0.0695. The van der Waals surface area contributed by atoms with E-state index in [0.29, 0.717) is 5.92 Å². The van der Waals surface area contributed by atoms with Gasteiger partial charge < -0.3 is 10.1 Å². The van der Waals surface area contributed by atoms with Crippen molar-refractivity contribution in [1.29, 1.82) is 0 Å². The van der Waals surface area contributed by atoms with Crippen LogP contribution in [0.5, 0.6) is 5.75 Å². The lowest BCUT2D eigenvalue weighted by Gasteiger charge is -2.26. The molecular weight excluding hydrogens is 240 g/mol. The van der Waals surface area contributed by atoms with Gasteiger partial charge in [0.05, 0.1) is 12.2 Å². The zero-order valence-corrected chi connectivity index (χ0v) is 10.8. The summed E-state index contributed by atoms with van der Waals surface area (Å²) in [4.78, 5) is 4.66. The van der Waals surface area contributed by atoms with Gasteiger partial charge in [-0.25, -0.2) is 9.67 Å². The topological polar surface area (TPSA) is 52.0 Å². The molecule has 1 unspecified atom stereocenters. The number of hydrogen-bond donors (Lipinski definition) is 1. The fraction of sp³-hybridized carbons (Fsp3) is 0.429. The predicted molar refractivity (Wildman–Crippen MR) is 71.3 cm³/mol. The van der Waals surface area contributed by atoms with Crippen molar-refractivity contribution in [2.75, 3.05) is 11.9 Å². The fourth-order valence-corrected chi connectivity index (χ4v) is 2.47. The van der Waals surface area contributed by atoms with E-state index in [4.69, 9.17) is 4.74 Å². The maximum Gasteiger partial charge on any atom is 0.175 e. The van der Waals surface area contributed by atoms with Crippen LogP contribution >= 0.6 is 0 Å². The van der Waals surface area contributed by atoms with Crippen LogP contribution in [0.1, 0.15) is 36.5 Å². The fourth-order valence-electron chi connectivity index (χ4n) is 2.47. The third kappa shape index (κ3) is 1.85. The summed E-state index contributed by atoms with van der Waals surface area (Å²) in [7, 11) is 1.94. The number of aryl methyl sites for hydroxylation is 1. The van der Waals surface area contributed by atoms with Gasteiger partial charge in [0.25, 0.3) is 0 Å². The first kappa shape index (κ1) is 10.8. The Morgan fingerprint density at radius 1 is 1.32 bits per heavy atom. The van der Waals surface area contributed by atoms with Crippen molar-refractivity contribution in [3.63, 3.8) is 0 Å². The van der Waals surface area contributed by atoms with Crippen LogP contribution in [0.3, 0.4) is 0 Å². The molecule has 0 radical (unpaired) electrons. The Morgan fingerprint density at radius 3 is 3.00 bits per heavy atom. The molecule has 0 amide bonds. The van der Waals surface area contributed by atoms with E-state index in [2.05, 4.69) is 15.4 Å². The van der Waals surface area contributed by atoms with Gasteiger partial charge in [0, 0.05) is 13.0 Å². The van der Waals surface area contributed by atoms with Gasteiger partial charge >= 0.3 is 0 Å². The molecule has 1 fully saturated rings. The Kier molecular flexibility index (Phi) is 2.27. The van der Waals surface area contributed by atoms with Crippen LogP contribution in [0.2, 0.25) is 0 Å². The molecule has 2 heterocycles. The lowest BCUT2D eigenvalue weighted by Crippen LogP contribution is -2.26. The molecule has 0 saturated heterocycles. The molecule has 1 aromatic heterocycles. The number of rotatable bonds is 2. The summed E-state index contributed by atoms with van der Waals surface area (Å²) in [6.07, 6.45) is 2.37. The quantitative estimate of drug-likeness (QED) is 0.895. The van der Waals surface area contributed by atoms with E-state index in [1.165, 1.54) is 12.8 Å². The molecule has 2 aliphatic rings. The molecule has 1 aromatic carbocycles. The molecular formula is C14H16N4O. The molecule has 5 heteroatoms. The normalized spacial score (nSPS) is 21.4. The Bertz CT molecular complexity index is 618. The summed E-state index contributed by atoms with van der Waals surface area (Å²) < 4.78 is 7.88. The van der Waals surface area contributed by atoms with Crippen LogP contribution < -0.4 is 10.1 Å². The average molecular weight is 256 g/mol. The van der Waals surface area contributed by atoms with E-state index in [0.717, 1.165) is 29.6 Å². The lowest BCUT2D eigenvalue weighted by atomic mass is 10.2. The number of ether oxygens (including phenoxy) is 1. The summed E-state index contributed by atoms with van der Waals surface area (Å²) in [5.74, 6) is 3.34. The van der Waals surface area contributed by atoms with Crippen molar-refractivity contribution in [3.8, 4) is 5.75 Å². The van der Waals surface area contributed by atoms with Gasteiger partial charge in [-0.3, -0.25) is 0 Å². The highest BCUT2D eigenvalue weighted by atomic mass is 16.5. The van der Waals surface area contributed by atoms with Crippen LogP contribution in [0.25, 0.3) is 0 Å². The van der Waals surface area contributed by atoms with Crippen LogP contribution in [-0.2, 0) is 7.05 Å². The van der Waals surface area contributed by atoms with E-state index in [-0.39, 0.29) is 6.10 Å². The zero-order chi connectivity index (χ0) is 12.8. The second-order valence-corrected chi connectivity index (χ2v) is 5.21. The molecule has 1 atom stereocenters. The van der Waals surface area contributed by atoms with Crippen molar-refractivity contribution < 1.29 is 4.74 Å². The highest BCUT2D eigenvalue weighted by Crippen LogP contribution is 2.39. The maximum atomic E-state index is 6.03. The average Bonchev–Trinajstić information content (AvgIpc) is 3.22. The summed E-state index contributed by atoms with van der Waals surface area (Å²) >= 11 is 0. The summed E-state index contributed by atoms with van der Waals surface area (Å²) in [5, 5.41) is 7.89. The highest BCUT2D eigenvalue weighted by molar-refractivity contribution is 5.57. The minimum atomic E-state index is -0.0695. The van der Waals surface area contributed by atoms with E-state index in [1.807, 2.05) is 36.0 Å². The van der Waals surface area contributed by atoms with E-state index in [1.54, 1.807) is 0 Å². The summed E-state index contributed by atoms with van der Waals surface area (Å²) in [6, 6.07) is 7.99. The first-order valence-electron chi connectivity index (χ1n) is 6.71. The number of aromatic nitrogens is 3. The number of nitrogens with zero attached hydrogens (tertiary/aromatic N) is 3. The smallest absolute Gasteiger partial charge is 0.175 e. The number of fused-ring (bicyclic) bond motifs is 1. The summed E-state index contributed by atoms with van der Waals surface area (Å²) in [5.41, 5.74) is 1.04. The van der Waals surface area contributed by atoms with Gasteiger partial charge in [0.15, 0.2) is 17.8 Å². The van der Waals surface area contributed by atoms with E-state index < -0.39 is 0 Å². The second kappa shape index (κ2) is 3.98. The minimum Gasteiger partial charge on any atom is -0.478 e. The first-order valence-corrected chi connectivity index (χ1v) is 6.71. The molecule has 19 heavy (non-hydrogen) atoms. The van der Waals surface area contributed by atoms with Gasteiger partial charge in [0.2, 0.25) is 0 Å². The number of hydrogen-bond acceptors (Lipinski definition) is 4. The molecule has 1 N–H and O–H groups in total. The number of benzene rings is 1. The number of nitrogens with one attached hydrogen (secondary N) is 1. The van der Waals surface area contributed by atoms with Crippen LogP contribution in [0.15, 0.2) is 24.3 Å². The zero-order valence-electron chi connectivity index (χ0n) is 10.8.